The molecule has 0 aromatic carbocycles. The minimum absolute atomic E-state index is 0.0787. The van der Waals surface area contributed by atoms with Crippen LogP contribution in [0.15, 0.2) is 48.6 Å². The SMILES string of the molecule is CCC/C=C\C/C=C\CCCCCCCC(=O)OC(COC(=O)CCCCCCC/C=C\CCCC)COC(=O)CCCCCCCCCCCCCCCCCCCCC/C=C\CCCCCCCCCC. The Kier molecular flexibility index (Phi) is 59.7. The molecule has 0 amide bonds. The summed E-state index contributed by atoms with van der Waals surface area (Å²) >= 11 is 0. The van der Waals surface area contributed by atoms with Crippen LogP contribution in [0, 0.1) is 0 Å². The van der Waals surface area contributed by atoms with Crippen LogP contribution < -0.4 is 0 Å². The third-order valence-electron chi connectivity index (χ3n) is 14.3. The van der Waals surface area contributed by atoms with Gasteiger partial charge in [-0.15, -0.1) is 0 Å². The molecule has 0 bridgehead atoms. The van der Waals surface area contributed by atoms with Crippen LogP contribution in [-0.4, -0.2) is 37.2 Å². The molecule has 0 saturated carbocycles. The molecule has 426 valence electrons. The van der Waals surface area contributed by atoms with Crippen molar-refractivity contribution < 1.29 is 28.6 Å². The van der Waals surface area contributed by atoms with E-state index in [0.29, 0.717) is 19.3 Å². The third kappa shape index (κ3) is 60.1. The maximum Gasteiger partial charge on any atom is 0.306 e. The number of hydrogen-bond donors (Lipinski definition) is 0. The second-order valence-corrected chi connectivity index (χ2v) is 21.7. The third-order valence-corrected chi connectivity index (χ3v) is 14.3. The molecule has 0 N–H and O–H groups in total. The summed E-state index contributed by atoms with van der Waals surface area (Å²) < 4.78 is 16.8. The van der Waals surface area contributed by atoms with Crippen molar-refractivity contribution in [2.45, 2.75) is 348 Å². The van der Waals surface area contributed by atoms with Gasteiger partial charge in [-0.05, 0) is 89.9 Å². The van der Waals surface area contributed by atoms with Crippen molar-refractivity contribution in [3.05, 3.63) is 48.6 Å². The standard InChI is InChI=1S/C67H122O6/c1-4-7-10-13-16-19-22-24-25-26-27-28-29-30-31-32-33-34-35-36-37-38-39-40-41-43-45-48-51-54-57-60-66(69)72-63-64(62-71-65(68)59-56-53-50-47-44-21-18-15-12-9-6-3)73-67(70)61-58-55-52-49-46-42-23-20-17-14-11-8-5-2/h11,14-15,18,20,23,26-27,64H,4-10,12-13,16-17,19,21-22,24-25,28-63H2,1-3H3/b14-11-,18-15-,23-20-,27-26-. The Balaban J connectivity index is 4.07. The van der Waals surface area contributed by atoms with E-state index in [0.717, 1.165) is 96.3 Å². The van der Waals surface area contributed by atoms with Crippen LogP contribution in [0.3, 0.4) is 0 Å². The molecule has 1 atom stereocenters. The van der Waals surface area contributed by atoms with E-state index in [1.807, 2.05) is 0 Å². The Hall–Kier alpha value is -2.63. The van der Waals surface area contributed by atoms with E-state index in [-0.39, 0.29) is 31.1 Å². The molecular formula is C67H122O6. The highest BCUT2D eigenvalue weighted by atomic mass is 16.6. The van der Waals surface area contributed by atoms with Gasteiger partial charge in [-0.2, -0.15) is 0 Å². The first kappa shape index (κ1) is 70.4. The maximum absolute atomic E-state index is 12.8. The summed E-state index contributed by atoms with van der Waals surface area (Å²) in [5, 5.41) is 0. The van der Waals surface area contributed by atoms with E-state index >= 15 is 0 Å². The van der Waals surface area contributed by atoms with E-state index in [1.165, 1.54) is 205 Å². The maximum atomic E-state index is 12.8. The van der Waals surface area contributed by atoms with Crippen molar-refractivity contribution in [3.63, 3.8) is 0 Å². The largest absolute Gasteiger partial charge is 0.462 e. The summed E-state index contributed by atoms with van der Waals surface area (Å²) in [6.07, 6.45) is 77.2. The Bertz CT molecular complexity index is 1270. The highest BCUT2D eigenvalue weighted by Gasteiger charge is 2.19. The van der Waals surface area contributed by atoms with Crippen molar-refractivity contribution in [2.24, 2.45) is 0 Å². The molecule has 0 aliphatic heterocycles. The topological polar surface area (TPSA) is 78.9 Å². The Morgan fingerprint density at radius 2 is 0.534 bits per heavy atom. The fourth-order valence-corrected chi connectivity index (χ4v) is 9.40. The van der Waals surface area contributed by atoms with Crippen molar-refractivity contribution in [2.75, 3.05) is 13.2 Å². The van der Waals surface area contributed by atoms with Gasteiger partial charge in [0.1, 0.15) is 13.2 Å². The zero-order valence-electron chi connectivity index (χ0n) is 48.9. The lowest BCUT2D eigenvalue weighted by Gasteiger charge is -2.18. The fourth-order valence-electron chi connectivity index (χ4n) is 9.40. The zero-order valence-corrected chi connectivity index (χ0v) is 48.9. The lowest BCUT2D eigenvalue weighted by Crippen LogP contribution is -2.30. The van der Waals surface area contributed by atoms with Gasteiger partial charge in [0.15, 0.2) is 6.10 Å². The molecular weight excluding hydrogens is 901 g/mol. The van der Waals surface area contributed by atoms with Gasteiger partial charge in [0, 0.05) is 19.3 Å². The first-order chi connectivity index (χ1) is 36.0. The van der Waals surface area contributed by atoms with E-state index in [1.54, 1.807) is 0 Å². The van der Waals surface area contributed by atoms with E-state index in [9.17, 15) is 14.4 Å². The zero-order chi connectivity index (χ0) is 52.9. The monoisotopic (exact) mass is 1020 g/mol. The highest BCUT2D eigenvalue weighted by molar-refractivity contribution is 5.71. The van der Waals surface area contributed by atoms with Gasteiger partial charge in [0.05, 0.1) is 0 Å². The number of rotatable bonds is 59. The molecule has 0 saturated heterocycles. The predicted octanol–water partition coefficient (Wildman–Crippen LogP) is 21.8. The average molecular weight is 1020 g/mol. The van der Waals surface area contributed by atoms with Crippen LogP contribution in [0.4, 0.5) is 0 Å². The minimum atomic E-state index is -0.781. The second kappa shape index (κ2) is 61.9. The van der Waals surface area contributed by atoms with Crippen LogP contribution in [-0.2, 0) is 28.6 Å². The molecule has 0 heterocycles. The number of carbonyl (C=O) groups is 3. The summed E-state index contributed by atoms with van der Waals surface area (Å²) in [5.41, 5.74) is 0. The number of hydrogen-bond acceptors (Lipinski definition) is 6. The number of unbranched alkanes of at least 4 members (excludes halogenated alkanes) is 40. The molecule has 0 aliphatic rings. The van der Waals surface area contributed by atoms with Crippen LogP contribution >= 0.6 is 0 Å². The molecule has 0 radical (unpaired) electrons. The Morgan fingerprint density at radius 3 is 0.863 bits per heavy atom. The molecule has 0 aromatic rings. The normalized spacial score (nSPS) is 12.3. The highest BCUT2D eigenvalue weighted by Crippen LogP contribution is 2.17. The van der Waals surface area contributed by atoms with Crippen molar-refractivity contribution in [1.82, 2.24) is 0 Å². The van der Waals surface area contributed by atoms with E-state index < -0.39 is 6.10 Å². The van der Waals surface area contributed by atoms with Gasteiger partial charge in [-0.3, -0.25) is 14.4 Å². The van der Waals surface area contributed by atoms with Gasteiger partial charge in [-0.25, -0.2) is 0 Å². The van der Waals surface area contributed by atoms with Crippen LogP contribution in [0.1, 0.15) is 342 Å². The Labute approximate surface area is 454 Å². The lowest BCUT2D eigenvalue weighted by atomic mass is 10.0. The molecule has 0 rings (SSSR count). The number of allylic oxidation sites excluding steroid dienone is 8. The molecule has 6 heteroatoms. The van der Waals surface area contributed by atoms with Crippen LogP contribution in [0.5, 0.6) is 0 Å². The molecule has 0 fully saturated rings. The molecule has 73 heavy (non-hydrogen) atoms. The average Bonchev–Trinajstić information content (AvgIpc) is 3.39. The number of ether oxygens (including phenoxy) is 3. The summed E-state index contributed by atoms with van der Waals surface area (Å²) in [6.45, 7) is 6.55. The number of carbonyl (C=O) groups excluding carboxylic acids is 3. The van der Waals surface area contributed by atoms with Gasteiger partial charge >= 0.3 is 17.9 Å². The number of esters is 3. The summed E-state index contributed by atoms with van der Waals surface area (Å²) in [5.74, 6) is -0.889. The molecule has 1 unspecified atom stereocenters. The smallest absolute Gasteiger partial charge is 0.306 e. The molecule has 0 spiro atoms. The Morgan fingerprint density at radius 1 is 0.274 bits per heavy atom. The van der Waals surface area contributed by atoms with Gasteiger partial charge in [0.2, 0.25) is 0 Å². The van der Waals surface area contributed by atoms with Gasteiger partial charge in [0.25, 0.3) is 0 Å². The van der Waals surface area contributed by atoms with Gasteiger partial charge in [-0.1, -0.05) is 281 Å². The van der Waals surface area contributed by atoms with Crippen molar-refractivity contribution in [3.8, 4) is 0 Å². The van der Waals surface area contributed by atoms with Crippen molar-refractivity contribution in [1.29, 1.82) is 0 Å². The predicted molar refractivity (Wildman–Crippen MR) is 316 cm³/mol. The van der Waals surface area contributed by atoms with Crippen LogP contribution in [0.25, 0.3) is 0 Å². The first-order valence-electron chi connectivity index (χ1n) is 32.1. The second-order valence-electron chi connectivity index (χ2n) is 21.7. The van der Waals surface area contributed by atoms with Crippen molar-refractivity contribution >= 4 is 17.9 Å². The summed E-state index contributed by atoms with van der Waals surface area (Å²) in [4.78, 5) is 38.1. The fraction of sp³-hybridized carbons (Fsp3) is 0.836. The van der Waals surface area contributed by atoms with Crippen LogP contribution in [0.2, 0.25) is 0 Å². The lowest BCUT2D eigenvalue weighted by molar-refractivity contribution is -0.167. The van der Waals surface area contributed by atoms with Gasteiger partial charge < -0.3 is 14.2 Å². The molecule has 0 aromatic heterocycles. The summed E-state index contributed by atoms with van der Waals surface area (Å²) in [7, 11) is 0. The summed E-state index contributed by atoms with van der Waals surface area (Å²) in [6, 6.07) is 0. The first-order valence-corrected chi connectivity index (χ1v) is 32.1. The molecule has 0 aliphatic carbocycles. The minimum Gasteiger partial charge on any atom is -0.462 e. The van der Waals surface area contributed by atoms with E-state index in [2.05, 4.69) is 69.4 Å². The molecule has 6 nitrogen and oxygen atoms in total. The quantitative estimate of drug-likeness (QED) is 0.0261. The van der Waals surface area contributed by atoms with E-state index in [4.69, 9.17) is 14.2 Å².